The summed E-state index contributed by atoms with van der Waals surface area (Å²) in [6.45, 7) is 57.0. The molecule has 0 aromatic carbocycles. The van der Waals surface area contributed by atoms with Gasteiger partial charge in [0.1, 0.15) is 85.0 Å². The SMILES string of the molecule is CC(C)(C)[Si](C)(C)Cl.CC[C@H]1O[C@@H](n2cc(C)c(-n3cncn3)nc2=O)[C@@H](OC)C1O[Si](C)(C)C(C)(C)C.CC[C@H]1O[C@@H](n2cc(C)c(N)nc2=O)[C@@H](OC)C1O[Si](C)(C)C(C)(C)C.CC[C@H]1O[C@@H](n2cc(C)c(N)nc2=O)[C@@H](OC)C1O[Si](C)(C)C(C)(C)C.CO[C@H]1C(O)[C@@H](CO)O[C@H]1n1cc(C)c(N)nc1=O.N.O. The Balaban J connectivity index is 0.000000372. The number of rotatable bonds is 19. The van der Waals surface area contributed by atoms with Gasteiger partial charge in [-0.2, -0.15) is 36.1 Å². The van der Waals surface area contributed by atoms with Crippen LogP contribution in [0.4, 0.5) is 17.5 Å². The average molecular weight is 1660 g/mol. The number of aryl methyl sites for hydroxylation is 4. The summed E-state index contributed by atoms with van der Waals surface area (Å²) in [6, 6.07) is 0. The Morgan fingerprint density at radius 2 is 0.721 bits per heavy atom. The highest BCUT2D eigenvalue weighted by Crippen LogP contribution is 2.46. The normalized spacial score (nSPS) is 25.7. The van der Waals surface area contributed by atoms with Crippen molar-refractivity contribution in [3.8, 4) is 5.82 Å². The first-order chi connectivity index (χ1) is 50.1. The maximum atomic E-state index is 12.9. The third-order valence-corrected chi connectivity index (χ3v) is 41.2. The Morgan fingerprint density at radius 1 is 0.459 bits per heavy atom. The number of anilines is 3. The van der Waals surface area contributed by atoms with Gasteiger partial charge in [-0.1, -0.05) is 117 Å². The van der Waals surface area contributed by atoms with E-state index in [-0.39, 0.29) is 87.4 Å². The summed E-state index contributed by atoms with van der Waals surface area (Å²) in [6.07, 6.45) is 4.19. The van der Waals surface area contributed by atoms with Crippen molar-refractivity contribution in [2.24, 2.45) is 0 Å². The van der Waals surface area contributed by atoms with Crippen molar-refractivity contribution in [1.29, 1.82) is 0 Å². The van der Waals surface area contributed by atoms with Crippen LogP contribution in [-0.4, -0.2) is 209 Å². The van der Waals surface area contributed by atoms with Gasteiger partial charge >= 0.3 is 22.8 Å². The number of aromatic nitrogens is 11. The molecule has 9 rings (SSSR count). The van der Waals surface area contributed by atoms with Crippen molar-refractivity contribution in [2.45, 2.75) is 322 Å². The highest BCUT2D eigenvalue weighted by atomic mass is 35.6. The van der Waals surface area contributed by atoms with Gasteiger partial charge in [-0.3, -0.25) is 18.3 Å². The minimum absolute atomic E-state index is 0. The molecule has 111 heavy (non-hydrogen) atoms. The quantitative estimate of drug-likeness (QED) is 0.0331. The van der Waals surface area contributed by atoms with Gasteiger partial charge in [0, 0.05) is 75.5 Å². The van der Waals surface area contributed by atoms with Crippen LogP contribution in [0.5, 0.6) is 0 Å². The number of halogens is 1. The second-order valence-electron chi connectivity index (χ2n) is 34.5. The predicted octanol–water partition coefficient (Wildman–Crippen LogP) is 9.51. The van der Waals surface area contributed by atoms with E-state index >= 15 is 0 Å². The third kappa shape index (κ3) is 23.5. The van der Waals surface area contributed by atoms with Gasteiger partial charge in [0.05, 0.1) is 24.9 Å². The molecule has 16 atom stereocenters. The van der Waals surface area contributed by atoms with Crippen LogP contribution in [0.3, 0.4) is 0 Å². The van der Waals surface area contributed by atoms with Crippen LogP contribution >= 0.6 is 11.1 Å². The number of methoxy groups -OCH3 is 4. The van der Waals surface area contributed by atoms with Gasteiger partial charge in [-0.15, -0.1) is 0 Å². The highest BCUT2D eigenvalue weighted by molar-refractivity contribution is 7.20. The summed E-state index contributed by atoms with van der Waals surface area (Å²) >= 11 is 6.15. The van der Waals surface area contributed by atoms with Gasteiger partial charge in [-0.25, -0.2) is 28.8 Å². The number of nitrogens with two attached hydrogens (primary N) is 3. The minimum atomic E-state index is -2.07. The number of nitrogens with zero attached hydrogens (tertiary/aromatic N) is 11. The molecule has 5 aromatic heterocycles. The number of ether oxygens (including phenoxy) is 8. The molecule has 13 N–H and O–H groups in total. The fourth-order valence-electron chi connectivity index (χ4n) is 11.4. The highest BCUT2D eigenvalue weighted by Gasteiger charge is 2.55. The molecule has 634 valence electrons. The molecule has 4 aliphatic rings. The number of hydrogen-bond acceptors (Lipinski definition) is 27. The fraction of sp³-hybridized carbons (Fsp3) is 0.753. The van der Waals surface area contributed by atoms with Crippen LogP contribution in [-0.2, 0) is 51.2 Å². The molecule has 4 saturated heterocycles. The van der Waals surface area contributed by atoms with E-state index < -0.39 is 117 Å². The molecule has 4 aliphatic heterocycles. The Kier molecular flexibility index (Phi) is 35.5. The summed E-state index contributed by atoms with van der Waals surface area (Å²) in [5, 5.41) is 23.6. The van der Waals surface area contributed by atoms with E-state index in [2.05, 4.69) is 186 Å². The number of nitrogen functional groups attached to an aromatic ring is 3. The van der Waals surface area contributed by atoms with Crippen LogP contribution in [0.1, 0.15) is 170 Å². The fourth-order valence-corrected chi connectivity index (χ4v) is 15.4. The first-order valence-electron chi connectivity index (χ1n) is 37.3. The van der Waals surface area contributed by atoms with Crippen LogP contribution < -0.4 is 46.1 Å². The molecule has 0 aliphatic carbocycles. The summed E-state index contributed by atoms with van der Waals surface area (Å²) in [5.74, 6) is 1.06. The van der Waals surface area contributed by atoms with Crippen molar-refractivity contribution in [3.63, 3.8) is 0 Å². The van der Waals surface area contributed by atoms with Crippen LogP contribution in [0.25, 0.3) is 5.82 Å². The van der Waals surface area contributed by atoms with E-state index in [0.717, 1.165) is 36.0 Å². The molecule has 38 heteroatoms. The van der Waals surface area contributed by atoms with Gasteiger partial charge in [0.2, 0.25) is 0 Å². The molecule has 0 saturated carbocycles. The molecule has 9 heterocycles. The van der Waals surface area contributed by atoms with E-state index in [1.54, 1.807) is 46.8 Å². The first-order valence-corrected chi connectivity index (χ1v) is 50.1. The lowest BCUT2D eigenvalue weighted by Crippen LogP contribution is -2.49. The lowest BCUT2D eigenvalue weighted by molar-refractivity contribution is -0.0625. The molecule has 5 aromatic rings. The van der Waals surface area contributed by atoms with Crippen molar-refractivity contribution in [3.05, 3.63) is 102 Å². The first kappa shape index (κ1) is 99.8. The lowest BCUT2D eigenvalue weighted by Gasteiger charge is -2.40. The van der Waals surface area contributed by atoms with E-state index in [9.17, 15) is 24.3 Å². The van der Waals surface area contributed by atoms with E-state index in [4.69, 9.17) is 84.6 Å². The van der Waals surface area contributed by atoms with Gasteiger partial charge < -0.3 is 90.2 Å². The zero-order chi connectivity index (χ0) is 83.1. The predicted molar refractivity (Wildman–Crippen MR) is 442 cm³/mol. The summed E-state index contributed by atoms with van der Waals surface area (Å²) < 4.78 is 73.8. The Morgan fingerprint density at radius 3 is 0.955 bits per heavy atom. The monoisotopic (exact) mass is 1660 g/mol. The number of aliphatic hydroxyl groups excluding tert-OH is 2. The van der Waals surface area contributed by atoms with Crippen LogP contribution in [0.15, 0.2) is 56.6 Å². The smallest absolute Gasteiger partial charge is 0.351 e. The topological polar surface area (TPSA) is 457 Å². The lowest BCUT2D eigenvalue weighted by atomic mass is 10.1. The maximum Gasteiger partial charge on any atom is 0.351 e. The zero-order valence-electron chi connectivity index (χ0n) is 71.8. The number of aliphatic hydroxyl groups is 2. The molecular weight excluding hydrogens is 1520 g/mol. The van der Waals surface area contributed by atoms with Gasteiger partial charge in [0.25, 0.3) is 0 Å². The second-order valence-corrected chi connectivity index (χ2v) is 56.0. The molecule has 4 fully saturated rings. The Labute approximate surface area is 664 Å². The molecule has 4 unspecified atom stereocenters. The number of hydrogen-bond donors (Lipinski definition) is 6. The summed E-state index contributed by atoms with van der Waals surface area (Å²) in [4.78, 5) is 69.1. The maximum absolute atomic E-state index is 12.9. The summed E-state index contributed by atoms with van der Waals surface area (Å²) in [5.41, 5.74) is 18.0. The summed E-state index contributed by atoms with van der Waals surface area (Å²) in [7, 11) is -1.23. The average Bonchev–Trinajstić information content (AvgIpc) is 1.66. The van der Waals surface area contributed by atoms with E-state index in [1.165, 1.54) is 48.9 Å². The minimum Gasteiger partial charge on any atom is -0.412 e. The van der Waals surface area contributed by atoms with Crippen molar-refractivity contribution >= 4 is 60.9 Å². The van der Waals surface area contributed by atoms with E-state index in [1.807, 2.05) is 20.8 Å². The van der Waals surface area contributed by atoms with Crippen LogP contribution in [0, 0.1) is 27.7 Å². The van der Waals surface area contributed by atoms with Gasteiger partial charge in [0.15, 0.2) is 63.1 Å². The molecule has 0 amide bonds. The largest absolute Gasteiger partial charge is 0.412 e. The molecular formula is C73H136ClN15O18Si4. The van der Waals surface area contributed by atoms with Crippen molar-refractivity contribution in [1.82, 2.24) is 59.1 Å². The zero-order valence-corrected chi connectivity index (χ0v) is 76.5. The molecule has 33 nitrogen and oxygen atoms in total. The Hall–Kier alpha value is -5.38. The van der Waals surface area contributed by atoms with Crippen molar-refractivity contribution in [2.75, 3.05) is 52.2 Å². The molecule has 0 spiro atoms. The Bertz CT molecular complexity index is 3890. The van der Waals surface area contributed by atoms with E-state index in [0.29, 0.717) is 16.4 Å². The molecule has 0 radical (unpaired) electrons. The molecule has 0 bridgehead atoms. The van der Waals surface area contributed by atoms with Gasteiger partial charge in [-0.05, 0) is 106 Å². The third-order valence-electron chi connectivity index (χ3n) is 22.5. The van der Waals surface area contributed by atoms with Crippen molar-refractivity contribution < 1.29 is 66.9 Å². The van der Waals surface area contributed by atoms with Crippen LogP contribution in [0.2, 0.25) is 72.5 Å². The standard InChI is InChI=1S/C20H33N5O4Si.2C18H33N3O4Si.C11H17N3O5.C6H15ClSi.H3N.H2O/c1-9-14-15(29-30(7,8)20(3,4)5)16(27-6)18(28-14)24-10-13(2)17(23-19(24)26)25-12-21-11-22-25;2*1-9-12-13(25-26(7,8)18(3,4)5)14(23-6)16(24-12)21-10-11(2)15(19)20-17(21)22;1-5-3-14(11(17)13-9(5)12)10-8(18-2)7(16)6(4-15)19-10;1-6(2,3)8(4,5)7;;/h10-12,14-16,18H,9H2,1-8H3;2*10,12-14,16H,9H2,1-8H3,(H2,19,20,22);3,6-8,10,15-16H,4H2,1-2H3,(H2,12,13,17);1-5H3;1H3;1H2/t14-,15?,16+,18-;2*12-,13?,14+,16-;6-,7?,8+,10-;;;/m1111.../s1. The second kappa shape index (κ2) is 39.5.